The van der Waals surface area contributed by atoms with Crippen LogP contribution in [-0.4, -0.2) is 24.0 Å². The summed E-state index contributed by atoms with van der Waals surface area (Å²) in [7, 11) is 0. The van der Waals surface area contributed by atoms with Gasteiger partial charge in [-0.05, 0) is 43.0 Å². The van der Waals surface area contributed by atoms with Crippen LogP contribution in [0.25, 0.3) is 0 Å². The van der Waals surface area contributed by atoms with E-state index in [0.717, 1.165) is 28.4 Å². The van der Waals surface area contributed by atoms with Crippen molar-refractivity contribution >= 4 is 30.1 Å². The van der Waals surface area contributed by atoms with Crippen LogP contribution in [0.15, 0.2) is 48.5 Å². The number of amides is 1. The van der Waals surface area contributed by atoms with Gasteiger partial charge in [0.25, 0.3) is 0 Å². The van der Waals surface area contributed by atoms with Gasteiger partial charge >= 0.3 is 0 Å². The number of ether oxygens (including phenoxy) is 1. The summed E-state index contributed by atoms with van der Waals surface area (Å²) >= 11 is 1.69. The topological polar surface area (TPSA) is 64.4 Å². The number of nitrogens with two attached hydrogens (primary N) is 1. The Morgan fingerprint density at radius 1 is 1.16 bits per heavy atom. The Balaban J connectivity index is 0.00000312. The number of halogens is 1. The van der Waals surface area contributed by atoms with Crippen LogP contribution in [0.1, 0.15) is 17.5 Å². The standard InChI is InChI=1S/C19H24N2O2S.ClH/c1-14-7-3-5-9-17(14)23-18-10-6-4-8-15(18)13-21-19(22)16(20)11-12-24-2;/h3-10,16H,11-13,20H2,1-2H3,(H,21,22);1H/t16-;/m0./s1. The van der Waals surface area contributed by atoms with Crippen LogP contribution < -0.4 is 15.8 Å². The first-order chi connectivity index (χ1) is 11.6. The van der Waals surface area contributed by atoms with Gasteiger partial charge in [-0.15, -0.1) is 12.4 Å². The van der Waals surface area contributed by atoms with Gasteiger partial charge in [-0.1, -0.05) is 36.4 Å². The zero-order valence-corrected chi connectivity index (χ0v) is 16.2. The zero-order chi connectivity index (χ0) is 17.4. The molecule has 0 radical (unpaired) electrons. The fourth-order valence-corrected chi connectivity index (χ4v) is 2.72. The van der Waals surface area contributed by atoms with Crippen LogP contribution in [0.4, 0.5) is 0 Å². The maximum absolute atomic E-state index is 12.1. The van der Waals surface area contributed by atoms with Gasteiger partial charge in [-0.2, -0.15) is 11.8 Å². The van der Waals surface area contributed by atoms with Crippen molar-refractivity contribution in [3.63, 3.8) is 0 Å². The Morgan fingerprint density at radius 3 is 2.48 bits per heavy atom. The molecular weight excluding hydrogens is 356 g/mol. The number of nitrogens with one attached hydrogen (secondary N) is 1. The molecule has 3 N–H and O–H groups in total. The van der Waals surface area contributed by atoms with E-state index in [9.17, 15) is 4.79 Å². The Hall–Kier alpha value is -1.69. The third-order valence-electron chi connectivity index (χ3n) is 3.71. The van der Waals surface area contributed by atoms with E-state index in [4.69, 9.17) is 10.5 Å². The van der Waals surface area contributed by atoms with Gasteiger partial charge in [0.2, 0.25) is 5.91 Å². The van der Waals surface area contributed by atoms with Crippen LogP contribution in [0.5, 0.6) is 11.5 Å². The van der Waals surface area contributed by atoms with E-state index in [1.165, 1.54) is 0 Å². The lowest BCUT2D eigenvalue weighted by Crippen LogP contribution is -2.40. The Morgan fingerprint density at radius 2 is 1.80 bits per heavy atom. The molecule has 0 aliphatic carbocycles. The molecule has 136 valence electrons. The van der Waals surface area contributed by atoms with Crippen molar-refractivity contribution in [1.29, 1.82) is 0 Å². The quantitative estimate of drug-likeness (QED) is 0.728. The molecule has 2 rings (SSSR count). The van der Waals surface area contributed by atoms with Gasteiger partial charge in [0.05, 0.1) is 6.04 Å². The normalized spacial score (nSPS) is 11.3. The third kappa shape index (κ3) is 6.61. The van der Waals surface area contributed by atoms with E-state index < -0.39 is 6.04 Å². The summed E-state index contributed by atoms with van der Waals surface area (Å²) in [6.07, 6.45) is 2.68. The predicted molar refractivity (Wildman–Crippen MR) is 108 cm³/mol. The van der Waals surface area contributed by atoms with Crippen molar-refractivity contribution < 1.29 is 9.53 Å². The van der Waals surface area contributed by atoms with Crippen molar-refractivity contribution in [3.05, 3.63) is 59.7 Å². The molecule has 2 aromatic rings. The first kappa shape index (κ1) is 21.4. The molecule has 0 aliphatic rings. The van der Waals surface area contributed by atoms with E-state index in [0.29, 0.717) is 13.0 Å². The highest BCUT2D eigenvalue weighted by Gasteiger charge is 2.13. The number of para-hydroxylation sites is 2. The monoisotopic (exact) mass is 380 g/mol. The molecule has 2 aromatic carbocycles. The summed E-state index contributed by atoms with van der Waals surface area (Å²) in [4.78, 5) is 12.1. The van der Waals surface area contributed by atoms with Gasteiger partial charge < -0.3 is 15.8 Å². The lowest BCUT2D eigenvalue weighted by Gasteiger charge is -2.15. The fraction of sp³-hybridized carbons (Fsp3) is 0.316. The van der Waals surface area contributed by atoms with Crippen LogP contribution in [0.2, 0.25) is 0 Å². The number of hydrogen-bond acceptors (Lipinski definition) is 4. The molecule has 1 atom stereocenters. The Bertz CT molecular complexity index is 682. The SMILES string of the molecule is CSCC[C@H](N)C(=O)NCc1ccccc1Oc1ccccc1C.Cl. The number of carbonyl (C=O) groups excluding carboxylic acids is 1. The number of benzene rings is 2. The third-order valence-corrected chi connectivity index (χ3v) is 4.35. The van der Waals surface area contributed by atoms with E-state index >= 15 is 0 Å². The lowest BCUT2D eigenvalue weighted by molar-refractivity contribution is -0.122. The summed E-state index contributed by atoms with van der Waals surface area (Å²) < 4.78 is 6.01. The second-order valence-corrected chi connectivity index (χ2v) is 6.57. The van der Waals surface area contributed by atoms with Gasteiger partial charge in [0.15, 0.2) is 0 Å². The summed E-state index contributed by atoms with van der Waals surface area (Å²) in [6.45, 7) is 2.40. The molecule has 0 aromatic heterocycles. The van der Waals surface area contributed by atoms with Crippen LogP contribution in [0, 0.1) is 6.92 Å². The van der Waals surface area contributed by atoms with E-state index in [1.54, 1.807) is 11.8 Å². The summed E-state index contributed by atoms with van der Waals surface area (Å²) in [5.74, 6) is 2.30. The smallest absolute Gasteiger partial charge is 0.237 e. The maximum atomic E-state index is 12.1. The van der Waals surface area contributed by atoms with Crippen molar-refractivity contribution in [2.75, 3.05) is 12.0 Å². The fourth-order valence-electron chi connectivity index (χ4n) is 2.23. The molecule has 0 aliphatic heterocycles. The number of aryl methyl sites for hydroxylation is 1. The number of thioether (sulfide) groups is 1. The van der Waals surface area contributed by atoms with Crippen LogP contribution in [0.3, 0.4) is 0 Å². The Kier molecular flexibility index (Phi) is 9.42. The molecule has 0 heterocycles. The van der Waals surface area contributed by atoms with Crippen molar-refractivity contribution in [2.45, 2.75) is 25.9 Å². The lowest BCUT2D eigenvalue weighted by atomic mass is 10.1. The highest BCUT2D eigenvalue weighted by Crippen LogP contribution is 2.27. The van der Waals surface area contributed by atoms with Gasteiger partial charge in [0.1, 0.15) is 11.5 Å². The minimum absolute atomic E-state index is 0. The summed E-state index contributed by atoms with van der Waals surface area (Å²) in [5.41, 5.74) is 7.88. The molecule has 0 fully saturated rings. The predicted octanol–water partition coefficient (Wildman–Crippen LogP) is 3.91. The molecule has 0 unspecified atom stereocenters. The molecular formula is C19H25ClN2O2S. The van der Waals surface area contributed by atoms with Gasteiger partial charge in [0, 0.05) is 12.1 Å². The van der Waals surface area contributed by atoms with Crippen LogP contribution >= 0.6 is 24.2 Å². The van der Waals surface area contributed by atoms with Crippen molar-refractivity contribution in [3.8, 4) is 11.5 Å². The van der Waals surface area contributed by atoms with Crippen molar-refractivity contribution in [1.82, 2.24) is 5.32 Å². The minimum Gasteiger partial charge on any atom is -0.457 e. The molecule has 0 saturated heterocycles. The highest BCUT2D eigenvalue weighted by molar-refractivity contribution is 7.98. The summed E-state index contributed by atoms with van der Waals surface area (Å²) in [5, 5.41) is 2.90. The van der Waals surface area contributed by atoms with Gasteiger partial charge in [-0.25, -0.2) is 0 Å². The largest absolute Gasteiger partial charge is 0.457 e. The molecule has 0 saturated carbocycles. The Labute approximate surface area is 159 Å². The molecule has 6 heteroatoms. The number of hydrogen-bond donors (Lipinski definition) is 2. The molecule has 4 nitrogen and oxygen atoms in total. The van der Waals surface area contributed by atoms with E-state index in [-0.39, 0.29) is 18.3 Å². The molecule has 0 bridgehead atoms. The molecule has 1 amide bonds. The first-order valence-electron chi connectivity index (χ1n) is 7.95. The highest BCUT2D eigenvalue weighted by atomic mass is 35.5. The maximum Gasteiger partial charge on any atom is 0.237 e. The molecule has 0 spiro atoms. The second kappa shape index (κ2) is 11.0. The minimum atomic E-state index is -0.470. The molecule has 25 heavy (non-hydrogen) atoms. The average molecular weight is 381 g/mol. The van der Waals surface area contributed by atoms with E-state index in [1.807, 2.05) is 61.7 Å². The average Bonchev–Trinajstić information content (AvgIpc) is 2.60. The first-order valence-corrected chi connectivity index (χ1v) is 9.35. The number of rotatable bonds is 8. The summed E-state index contributed by atoms with van der Waals surface area (Å²) in [6, 6.07) is 15.1. The van der Waals surface area contributed by atoms with Crippen LogP contribution in [-0.2, 0) is 11.3 Å². The van der Waals surface area contributed by atoms with E-state index in [2.05, 4.69) is 5.32 Å². The number of carbonyl (C=O) groups is 1. The second-order valence-electron chi connectivity index (χ2n) is 5.58. The van der Waals surface area contributed by atoms with Crippen molar-refractivity contribution in [2.24, 2.45) is 5.73 Å². The zero-order valence-electron chi connectivity index (χ0n) is 14.5. The van der Waals surface area contributed by atoms with Gasteiger partial charge in [-0.3, -0.25) is 4.79 Å².